The van der Waals surface area contributed by atoms with E-state index in [9.17, 15) is 0 Å². The molecule has 3 rings (SSSR count). The summed E-state index contributed by atoms with van der Waals surface area (Å²) in [6.45, 7) is 6.90. The molecular formula is C22H33IN4O2S. The van der Waals surface area contributed by atoms with E-state index in [-0.39, 0.29) is 24.0 Å². The van der Waals surface area contributed by atoms with Gasteiger partial charge in [0, 0.05) is 25.7 Å². The molecule has 1 fully saturated rings. The molecule has 6 nitrogen and oxygen atoms in total. The number of nitrogens with zero attached hydrogens (tertiary/aromatic N) is 2. The first-order valence-corrected chi connectivity index (χ1v) is 11.2. The topological polar surface area (TPSA) is 58.1 Å². The van der Waals surface area contributed by atoms with Crippen molar-refractivity contribution >= 4 is 46.3 Å². The van der Waals surface area contributed by atoms with Gasteiger partial charge < -0.3 is 25.0 Å². The van der Waals surface area contributed by atoms with Gasteiger partial charge in [-0.3, -0.25) is 4.99 Å². The Morgan fingerprint density at radius 1 is 1.23 bits per heavy atom. The van der Waals surface area contributed by atoms with Crippen LogP contribution in [0.25, 0.3) is 0 Å². The van der Waals surface area contributed by atoms with Crippen LogP contribution in [-0.2, 0) is 11.3 Å². The van der Waals surface area contributed by atoms with Gasteiger partial charge in [-0.05, 0) is 55.0 Å². The summed E-state index contributed by atoms with van der Waals surface area (Å²) in [7, 11) is 1.68. The van der Waals surface area contributed by atoms with E-state index in [1.807, 2.05) is 35.6 Å². The SMILES string of the molecule is CCNC(=NCCOCc1cccc(OC)c1)NC1CCN(c2cccs2)CC1.I. The molecule has 0 bridgehead atoms. The number of hydrogen-bond donors (Lipinski definition) is 2. The molecule has 0 unspecified atom stereocenters. The number of nitrogens with one attached hydrogen (secondary N) is 2. The van der Waals surface area contributed by atoms with Gasteiger partial charge in [0.15, 0.2) is 5.96 Å². The highest BCUT2D eigenvalue weighted by molar-refractivity contribution is 14.0. The Morgan fingerprint density at radius 3 is 2.77 bits per heavy atom. The number of aliphatic imine (C=N–C) groups is 1. The molecule has 2 heterocycles. The molecule has 0 aliphatic carbocycles. The minimum Gasteiger partial charge on any atom is -0.497 e. The van der Waals surface area contributed by atoms with Crippen molar-refractivity contribution < 1.29 is 9.47 Å². The molecule has 1 aromatic heterocycles. The number of benzene rings is 1. The van der Waals surface area contributed by atoms with E-state index in [0.29, 0.717) is 25.8 Å². The van der Waals surface area contributed by atoms with Crippen LogP contribution in [0, 0.1) is 0 Å². The molecule has 8 heteroatoms. The summed E-state index contributed by atoms with van der Waals surface area (Å²) in [5.41, 5.74) is 1.11. The Hall–Kier alpha value is -1.52. The highest BCUT2D eigenvalue weighted by atomic mass is 127. The van der Waals surface area contributed by atoms with Crippen LogP contribution in [0.1, 0.15) is 25.3 Å². The van der Waals surface area contributed by atoms with Gasteiger partial charge >= 0.3 is 0 Å². The van der Waals surface area contributed by atoms with Crippen molar-refractivity contribution in [1.29, 1.82) is 0 Å². The molecule has 2 N–H and O–H groups in total. The van der Waals surface area contributed by atoms with E-state index in [4.69, 9.17) is 9.47 Å². The Kier molecular flexibility index (Phi) is 11.3. The van der Waals surface area contributed by atoms with Crippen LogP contribution in [0.4, 0.5) is 5.00 Å². The monoisotopic (exact) mass is 544 g/mol. The molecule has 1 aliphatic heterocycles. The van der Waals surface area contributed by atoms with Crippen LogP contribution in [0.5, 0.6) is 5.75 Å². The van der Waals surface area contributed by atoms with Crippen LogP contribution in [0.2, 0.25) is 0 Å². The first kappa shape index (κ1) is 24.7. The summed E-state index contributed by atoms with van der Waals surface area (Å²) in [5.74, 6) is 1.74. The lowest BCUT2D eigenvalue weighted by Gasteiger charge is -2.33. The van der Waals surface area contributed by atoms with Crippen LogP contribution >= 0.6 is 35.3 Å². The third kappa shape index (κ3) is 7.96. The molecule has 0 radical (unpaired) electrons. The normalized spacial score (nSPS) is 14.9. The second kappa shape index (κ2) is 13.7. The van der Waals surface area contributed by atoms with Crippen molar-refractivity contribution in [2.75, 3.05) is 44.8 Å². The van der Waals surface area contributed by atoms with Crippen molar-refractivity contribution in [3.05, 3.63) is 47.3 Å². The third-order valence-corrected chi connectivity index (χ3v) is 5.84. The molecule has 0 atom stereocenters. The van der Waals surface area contributed by atoms with Gasteiger partial charge in [-0.15, -0.1) is 35.3 Å². The lowest BCUT2D eigenvalue weighted by Crippen LogP contribution is -2.48. The summed E-state index contributed by atoms with van der Waals surface area (Å²) in [4.78, 5) is 7.15. The predicted molar refractivity (Wildman–Crippen MR) is 137 cm³/mol. The molecule has 2 aromatic rings. The summed E-state index contributed by atoms with van der Waals surface area (Å²) in [6.07, 6.45) is 2.24. The van der Waals surface area contributed by atoms with Crippen molar-refractivity contribution in [3.8, 4) is 5.75 Å². The number of anilines is 1. The Bertz CT molecular complexity index is 749. The Labute approximate surface area is 201 Å². The van der Waals surface area contributed by atoms with E-state index in [1.54, 1.807) is 7.11 Å². The predicted octanol–water partition coefficient (Wildman–Crippen LogP) is 4.12. The third-order valence-electron chi connectivity index (χ3n) is 4.91. The standard InChI is InChI=1S/C22H32N4O2S.HI/c1-3-23-22(24-11-14-28-17-18-6-4-7-20(16-18)27-2)25-19-9-12-26(13-10-19)21-8-5-15-29-21;/h4-8,15-16,19H,3,9-14,17H2,1-2H3,(H2,23,24,25);1H. The minimum absolute atomic E-state index is 0. The fraction of sp³-hybridized carbons (Fsp3) is 0.500. The number of methoxy groups -OCH3 is 1. The van der Waals surface area contributed by atoms with E-state index >= 15 is 0 Å². The zero-order valence-corrected chi connectivity index (χ0v) is 20.9. The van der Waals surface area contributed by atoms with Crippen molar-refractivity contribution in [1.82, 2.24) is 10.6 Å². The molecule has 1 saturated heterocycles. The zero-order chi connectivity index (χ0) is 20.3. The summed E-state index contributed by atoms with van der Waals surface area (Å²) < 4.78 is 11.0. The number of ether oxygens (including phenoxy) is 2. The van der Waals surface area contributed by atoms with Gasteiger partial charge in [0.2, 0.25) is 0 Å². The molecule has 0 amide bonds. The molecule has 1 aliphatic rings. The van der Waals surface area contributed by atoms with Gasteiger partial charge in [-0.1, -0.05) is 12.1 Å². The number of thiophene rings is 1. The van der Waals surface area contributed by atoms with Crippen molar-refractivity contribution in [2.45, 2.75) is 32.4 Å². The maximum atomic E-state index is 5.77. The fourth-order valence-corrected chi connectivity index (χ4v) is 4.17. The minimum atomic E-state index is 0. The van der Waals surface area contributed by atoms with Gasteiger partial charge in [0.05, 0.1) is 31.9 Å². The molecular weight excluding hydrogens is 511 g/mol. The number of halogens is 1. The number of rotatable bonds is 9. The van der Waals surface area contributed by atoms with E-state index in [2.05, 4.69) is 45.0 Å². The maximum Gasteiger partial charge on any atom is 0.191 e. The lowest BCUT2D eigenvalue weighted by molar-refractivity contribution is 0.128. The second-order valence-electron chi connectivity index (χ2n) is 7.02. The van der Waals surface area contributed by atoms with E-state index in [1.165, 1.54) is 5.00 Å². The van der Waals surface area contributed by atoms with Gasteiger partial charge in [0.1, 0.15) is 5.75 Å². The van der Waals surface area contributed by atoms with E-state index in [0.717, 1.165) is 49.7 Å². The Morgan fingerprint density at radius 2 is 2.07 bits per heavy atom. The van der Waals surface area contributed by atoms with Gasteiger partial charge in [0.25, 0.3) is 0 Å². The zero-order valence-electron chi connectivity index (χ0n) is 17.8. The molecule has 166 valence electrons. The molecule has 30 heavy (non-hydrogen) atoms. The van der Waals surface area contributed by atoms with Crippen LogP contribution < -0.4 is 20.3 Å². The highest BCUT2D eigenvalue weighted by Gasteiger charge is 2.20. The molecule has 0 spiro atoms. The van der Waals surface area contributed by atoms with Crippen LogP contribution in [0.15, 0.2) is 46.8 Å². The highest BCUT2D eigenvalue weighted by Crippen LogP contribution is 2.24. The summed E-state index contributed by atoms with van der Waals surface area (Å²) in [5, 5.41) is 10.5. The maximum absolute atomic E-state index is 5.77. The average Bonchev–Trinajstić information content (AvgIpc) is 3.29. The van der Waals surface area contributed by atoms with Crippen LogP contribution in [0.3, 0.4) is 0 Å². The van der Waals surface area contributed by atoms with Gasteiger partial charge in [-0.25, -0.2) is 0 Å². The molecule has 1 aromatic carbocycles. The Balaban J connectivity index is 0.00000320. The van der Waals surface area contributed by atoms with E-state index < -0.39 is 0 Å². The van der Waals surface area contributed by atoms with Crippen molar-refractivity contribution in [3.63, 3.8) is 0 Å². The largest absolute Gasteiger partial charge is 0.497 e. The van der Waals surface area contributed by atoms with Gasteiger partial charge in [-0.2, -0.15) is 0 Å². The number of hydrogen-bond acceptors (Lipinski definition) is 5. The summed E-state index contributed by atoms with van der Waals surface area (Å²) in [6, 6.07) is 12.7. The number of guanidine groups is 1. The first-order chi connectivity index (χ1) is 14.3. The fourth-order valence-electron chi connectivity index (χ4n) is 3.38. The quantitative estimate of drug-likeness (QED) is 0.215. The average molecular weight is 545 g/mol. The van der Waals surface area contributed by atoms with Crippen molar-refractivity contribution in [2.24, 2.45) is 4.99 Å². The van der Waals surface area contributed by atoms with Crippen LogP contribution in [-0.4, -0.2) is 51.9 Å². The first-order valence-electron chi connectivity index (χ1n) is 10.3. The smallest absolute Gasteiger partial charge is 0.191 e. The number of piperidine rings is 1. The summed E-state index contributed by atoms with van der Waals surface area (Å²) >= 11 is 1.82. The second-order valence-corrected chi connectivity index (χ2v) is 7.95. The lowest BCUT2D eigenvalue weighted by atomic mass is 10.1. The molecule has 0 saturated carbocycles.